The van der Waals surface area contributed by atoms with Crippen LogP contribution in [0.25, 0.3) is 0 Å². The van der Waals surface area contributed by atoms with E-state index in [0.29, 0.717) is 17.7 Å². The molecule has 0 aromatic carbocycles. The molecule has 1 N–H and O–H groups in total. The summed E-state index contributed by atoms with van der Waals surface area (Å²) in [4.78, 5) is 11.9. The number of carbonyl (C=O) groups excluding carboxylic acids is 1. The van der Waals surface area contributed by atoms with E-state index in [1.54, 1.807) is 0 Å². The van der Waals surface area contributed by atoms with Gasteiger partial charge in [-0.2, -0.15) is 0 Å². The summed E-state index contributed by atoms with van der Waals surface area (Å²) in [5, 5.41) is 3.65. The van der Waals surface area contributed by atoms with Crippen molar-refractivity contribution in [1.29, 1.82) is 0 Å². The third kappa shape index (κ3) is 3.54. The highest BCUT2D eigenvalue weighted by Gasteiger charge is 2.37. The van der Waals surface area contributed by atoms with Gasteiger partial charge in [0.15, 0.2) is 0 Å². The monoisotopic (exact) mass is 237 g/mol. The van der Waals surface area contributed by atoms with Crippen molar-refractivity contribution in [3.05, 3.63) is 0 Å². The Bertz CT molecular complexity index is 251. The van der Waals surface area contributed by atoms with E-state index in [1.165, 1.54) is 51.4 Å². The Balaban J connectivity index is 1.70. The van der Waals surface area contributed by atoms with Crippen molar-refractivity contribution in [1.82, 2.24) is 5.32 Å². The van der Waals surface area contributed by atoms with Crippen LogP contribution in [0, 0.1) is 11.8 Å². The first-order valence-corrected chi connectivity index (χ1v) is 7.57. The third-order valence-electron chi connectivity index (χ3n) is 4.60. The van der Waals surface area contributed by atoms with Gasteiger partial charge in [0.2, 0.25) is 0 Å². The number of fused-ring (bicyclic) bond motifs is 2. The predicted molar refractivity (Wildman–Crippen MR) is 71.0 cm³/mol. The molecule has 0 heterocycles. The van der Waals surface area contributed by atoms with E-state index in [4.69, 9.17) is 0 Å². The predicted octanol–water partition coefficient (Wildman–Crippen LogP) is 3.30. The van der Waals surface area contributed by atoms with E-state index >= 15 is 0 Å². The van der Waals surface area contributed by atoms with Crippen molar-refractivity contribution in [3.8, 4) is 0 Å². The molecule has 3 atom stereocenters. The minimum absolute atomic E-state index is 0.423. The lowest BCUT2D eigenvalue weighted by Gasteiger charge is -2.39. The fourth-order valence-electron chi connectivity index (χ4n) is 3.51. The Labute approximate surface area is 106 Å². The lowest BCUT2D eigenvalue weighted by atomic mass is 9.69. The van der Waals surface area contributed by atoms with Crippen molar-refractivity contribution in [3.63, 3.8) is 0 Å². The number of carbonyl (C=O) groups is 1. The van der Waals surface area contributed by atoms with Crippen LogP contribution in [0.15, 0.2) is 0 Å². The van der Waals surface area contributed by atoms with E-state index in [2.05, 4.69) is 12.2 Å². The van der Waals surface area contributed by atoms with E-state index in [9.17, 15) is 4.79 Å². The molecule has 98 valence electrons. The topological polar surface area (TPSA) is 29.1 Å². The van der Waals surface area contributed by atoms with Gasteiger partial charge in [0.25, 0.3) is 0 Å². The molecule has 0 saturated heterocycles. The summed E-state index contributed by atoms with van der Waals surface area (Å²) in [5.41, 5.74) is 0. The van der Waals surface area contributed by atoms with Crippen molar-refractivity contribution in [2.75, 3.05) is 6.54 Å². The maximum absolute atomic E-state index is 11.9. The normalized spacial score (nSPS) is 32.8. The van der Waals surface area contributed by atoms with Gasteiger partial charge in [-0.25, -0.2) is 0 Å². The molecule has 17 heavy (non-hydrogen) atoms. The van der Waals surface area contributed by atoms with E-state index in [1.807, 2.05) is 0 Å². The minimum atomic E-state index is 0.423. The lowest BCUT2D eigenvalue weighted by Crippen LogP contribution is -2.46. The van der Waals surface area contributed by atoms with Gasteiger partial charge in [0, 0.05) is 18.4 Å². The van der Waals surface area contributed by atoms with Gasteiger partial charge in [0.1, 0.15) is 5.78 Å². The van der Waals surface area contributed by atoms with Gasteiger partial charge in [-0.1, -0.05) is 32.6 Å². The summed E-state index contributed by atoms with van der Waals surface area (Å²) in [6.07, 6.45) is 11.0. The highest BCUT2D eigenvalue weighted by atomic mass is 16.1. The number of ketones is 1. The molecule has 0 radical (unpaired) electrons. The molecule has 0 aromatic rings. The van der Waals surface area contributed by atoms with Crippen molar-refractivity contribution in [2.24, 2.45) is 11.8 Å². The van der Waals surface area contributed by atoms with Crippen molar-refractivity contribution in [2.45, 2.75) is 70.8 Å². The van der Waals surface area contributed by atoms with Crippen LogP contribution in [-0.4, -0.2) is 18.4 Å². The maximum atomic E-state index is 11.9. The molecule has 2 saturated carbocycles. The van der Waals surface area contributed by atoms with Crippen LogP contribution in [0.2, 0.25) is 0 Å². The SMILES string of the molecule is CCCCCCNC1CC(=O)C2CCCC1C2. The molecule has 2 nitrogen and oxygen atoms in total. The first kappa shape index (κ1) is 13.1. The summed E-state index contributed by atoms with van der Waals surface area (Å²) in [5.74, 6) is 1.75. The third-order valence-corrected chi connectivity index (χ3v) is 4.60. The van der Waals surface area contributed by atoms with Crippen LogP contribution in [0.3, 0.4) is 0 Å². The van der Waals surface area contributed by atoms with Crippen LogP contribution >= 0.6 is 0 Å². The number of unbranched alkanes of at least 4 members (excludes halogenated alkanes) is 3. The molecular formula is C15H27NO. The molecule has 2 aliphatic carbocycles. The second-order valence-corrected chi connectivity index (χ2v) is 5.92. The number of nitrogens with one attached hydrogen (secondary N) is 1. The van der Waals surface area contributed by atoms with Gasteiger partial charge in [-0.05, 0) is 38.1 Å². The minimum Gasteiger partial charge on any atom is -0.313 e. The molecule has 0 spiro atoms. The van der Waals surface area contributed by atoms with Crippen molar-refractivity contribution >= 4 is 5.78 Å². The Morgan fingerprint density at radius 2 is 2.12 bits per heavy atom. The molecule has 0 amide bonds. The zero-order valence-electron chi connectivity index (χ0n) is 11.2. The maximum Gasteiger partial charge on any atom is 0.137 e. The van der Waals surface area contributed by atoms with Gasteiger partial charge in [-0.3, -0.25) is 4.79 Å². The first-order chi connectivity index (χ1) is 8.31. The molecule has 3 unspecified atom stereocenters. The highest BCUT2D eigenvalue weighted by molar-refractivity contribution is 5.82. The molecule has 2 fully saturated rings. The van der Waals surface area contributed by atoms with E-state index in [-0.39, 0.29) is 0 Å². The first-order valence-electron chi connectivity index (χ1n) is 7.57. The average Bonchev–Trinajstić information content (AvgIpc) is 2.36. The molecule has 2 heteroatoms. The average molecular weight is 237 g/mol. The Kier molecular flexibility index (Phi) is 5.02. The molecule has 2 bridgehead atoms. The van der Waals surface area contributed by atoms with Gasteiger partial charge >= 0.3 is 0 Å². The molecule has 2 rings (SSSR count). The Hall–Kier alpha value is -0.370. The Morgan fingerprint density at radius 1 is 1.24 bits per heavy atom. The lowest BCUT2D eigenvalue weighted by molar-refractivity contribution is -0.128. The molecule has 2 aliphatic rings. The highest BCUT2D eigenvalue weighted by Crippen LogP contribution is 2.37. The fourth-order valence-corrected chi connectivity index (χ4v) is 3.51. The van der Waals surface area contributed by atoms with E-state index in [0.717, 1.165) is 18.9 Å². The van der Waals surface area contributed by atoms with Crippen LogP contribution in [0.4, 0.5) is 0 Å². The zero-order chi connectivity index (χ0) is 12.1. The van der Waals surface area contributed by atoms with E-state index < -0.39 is 0 Å². The summed E-state index contributed by atoms with van der Waals surface area (Å²) in [6, 6.07) is 0.501. The summed E-state index contributed by atoms with van der Waals surface area (Å²) < 4.78 is 0. The molecular weight excluding hydrogens is 210 g/mol. The second-order valence-electron chi connectivity index (χ2n) is 5.92. The van der Waals surface area contributed by atoms with Crippen LogP contribution in [0.5, 0.6) is 0 Å². The smallest absolute Gasteiger partial charge is 0.137 e. The van der Waals surface area contributed by atoms with Crippen molar-refractivity contribution < 1.29 is 4.79 Å². The van der Waals surface area contributed by atoms with Crippen LogP contribution < -0.4 is 5.32 Å². The van der Waals surface area contributed by atoms with Crippen LogP contribution in [-0.2, 0) is 4.79 Å². The number of rotatable bonds is 6. The number of hydrogen-bond acceptors (Lipinski definition) is 2. The Morgan fingerprint density at radius 3 is 2.94 bits per heavy atom. The van der Waals surface area contributed by atoms with Gasteiger partial charge in [0.05, 0.1) is 0 Å². The number of hydrogen-bond donors (Lipinski definition) is 1. The van der Waals surface area contributed by atoms with Gasteiger partial charge < -0.3 is 5.32 Å². The second kappa shape index (κ2) is 6.53. The molecule has 0 aliphatic heterocycles. The number of Topliss-reactive ketones (excluding diaryl/α,β-unsaturated/α-hetero) is 1. The summed E-state index contributed by atoms with van der Waals surface area (Å²) in [7, 11) is 0. The quantitative estimate of drug-likeness (QED) is 0.718. The molecule has 0 aromatic heterocycles. The fraction of sp³-hybridized carbons (Fsp3) is 0.933. The van der Waals surface area contributed by atoms with Crippen LogP contribution in [0.1, 0.15) is 64.7 Å². The van der Waals surface area contributed by atoms with Gasteiger partial charge in [-0.15, -0.1) is 0 Å². The standard InChI is InChI=1S/C15H27NO/c1-2-3-4-5-9-16-14-11-15(17)13-8-6-7-12(14)10-13/h12-14,16H,2-11H2,1H3. The summed E-state index contributed by atoms with van der Waals surface area (Å²) >= 11 is 0. The summed E-state index contributed by atoms with van der Waals surface area (Å²) in [6.45, 7) is 3.36. The zero-order valence-corrected chi connectivity index (χ0v) is 11.2. The largest absolute Gasteiger partial charge is 0.313 e.